The number of sulfonamides is 1. The van der Waals surface area contributed by atoms with Gasteiger partial charge < -0.3 is 11.1 Å². The predicted octanol–water partition coefficient (Wildman–Crippen LogP) is 2.57. The molecule has 1 rings (SSSR count). The molecule has 0 aromatic heterocycles. The molecule has 0 aliphatic rings. The lowest BCUT2D eigenvalue weighted by atomic mass is 9.81. The first-order valence-corrected chi connectivity index (χ1v) is 9.09. The SMILES string of the molecule is CCC(CC)(CN)C(=O)Nc1ccc(NS(=O)(=O)CC)cc1.Cl. The zero-order valence-electron chi connectivity index (χ0n) is 13.8. The maximum absolute atomic E-state index is 12.4. The Morgan fingerprint density at radius 3 is 1.96 bits per heavy atom. The van der Waals surface area contributed by atoms with Crippen LogP contribution in [0.1, 0.15) is 33.6 Å². The number of hydrogen-bond acceptors (Lipinski definition) is 4. The third-order valence-corrected chi connectivity index (χ3v) is 5.33. The molecule has 132 valence electrons. The summed E-state index contributed by atoms with van der Waals surface area (Å²) in [6, 6.07) is 6.56. The molecule has 0 heterocycles. The fourth-order valence-corrected chi connectivity index (χ4v) is 2.73. The highest BCUT2D eigenvalue weighted by Crippen LogP contribution is 2.27. The fraction of sp³-hybridized carbons (Fsp3) is 0.533. The maximum atomic E-state index is 12.4. The Morgan fingerprint density at radius 1 is 1.09 bits per heavy atom. The minimum Gasteiger partial charge on any atom is -0.329 e. The van der Waals surface area contributed by atoms with Gasteiger partial charge in [0.1, 0.15) is 0 Å². The number of nitrogens with one attached hydrogen (secondary N) is 2. The summed E-state index contributed by atoms with van der Waals surface area (Å²) in [5.41, 5.74) is 6.27. The van der Waals surface area contributed by atoms with Crippen LogP contribution in [0.25, 0.3) is 0 Å². The summed E-state index contributed by atoms with van der Waals surface area (Å²) in [6.07, 6.45) is 1.33. The third-order valence-electron chi connectivity index (χ3n) is 4.02. The molecule has 0 atom stereocenters. The molecule has 0 unspecified atom stereocenters. The second-order valence-corrected chi connectivity index (χ2v) is 7.24. The van der Waals surface area contributed by atoms with E-state index in [1.165, 1.54) is 0 Å². The Balaban J connectivity index is 0.00000484. The topological polar surface area (TPSA) is 101 Å². The molecule has 0 spiro atoms. The summed E-state index contributed by atoms with van der Waals surface area (Å²) in [6.45, 7) is 5.75. The zero-order chi connectivity index (χ0) is 16.8. The highest BCUT2D eigenvalue weighted by molar-refractivity contribution is 7.92. The number of hydrogen-bond donors (Lipinski definition) is 3. The quantitative estimate of drug-likeness (QED) is 0.660. The molecule has 8 heteroatoms. The number of carbonyl (C=O) groups excluding carboxylic acids is 1. The molecule has 6 nitrogen and oxygen atoms in total. The number of halogens is 1. The number of nitrogens with two attached hydrogens (primary N) is 1. The van der Waals surface area contributed by atoms with E-state index in [1.807, 2.05) is 13.8 Å². The summed E-state index contributed by atoms with van der Waals surface area (Å²) < 4.78 is 25.4. The largest absolute Gasteiger partial charge is 0.329 e. The summed E-state index contributed by atoms with van der Waals surface area (Å²) in [5, 5.41) is 2.84. The van der Waals surface area contributed by atoms with Crippen LogP contribution in [0.4, 0.5) is 11.4 Å². The zero-order valence-corrected chi connectivity index (χ0v) is 15.4. The van der Waals surface area contributed by atoms with Crippen LogP contribution < -0.4 is 15.8 Å². The Hall–Kier alpha value is -1.31. The highest BCUT2D eigenvalue weighted by Gasteiger charge is 2.33. The fourth-order valence-electron chi connectivity index (χ4n) is 2.09. The van der Waals surface area contributed by atoms with Gasteiger partial charge in [-0.15, -0.1) is 12.4 Å². The van der Waals surface area contributed by atoms with Crippen LogP contribution in [0, 0.1) is 5.41 Å². The van der Waals surface area contributed by atoms with E-state index in [0.29, 0.717) is 30.8 Å². The van der Waals surface area contributed by atoms with E-state index in [4.69, 9.17) is 5.73 Å². The number of rotatable bonds is 8. The van der Waals surface area contributed by atoms with Crippen LogP contribution in [0.5, 0.6) is 0 Å². The van der Waals surface area contributed by atoms with E-state index in [2.05, 4.69) is 10.0 Å². The van der Waals surface area contributed by atoms with Crippen LogP contribution in [0.2, 0.25) is 0 Å². The van der Waals surface area contributed by atoms with Gasteiger partial charge in [-0.25, -0.2) is 8.42 Å². The van der Waals surface area contributed by atoms with Gasteiger partial charge in [-0.3, -0.25) is 9.52 Å². The van der Waals surface area contributed by atoms with Crippen LogP contribution in [-0.2, 0) is 14.8 Å². The molecule has 1 aromatic rings. The molecule has 1 amide bonds. The number of amides is 1. The van der Waals surface area contributed by atoms with Crippen molar-refractivity contribution in [1.29, 1.82) is 0 Å². The van der Waals surface area contributed by atoms with Gasteiger partial charge in [0.2, 0.25) is 15.9 Å². The minimum absolute atomic E-state index is 0. The molecule has 0 aliphatic heterocycles. The molecule has 0 radical (unpaired) electrons. The molecule has 23 heavy (non-hydrogen) atoms. The third kappa shape index (κ3) is 5.67. The molecule has 0 fully saturated rings. The van der Waals surface area contributed by atoms with Gasteiger partial charge in [0, 0.05) is 17.9 Å². The van der Waals surface area contributed by atoms with Crippen molar-refractivity contribution >= 4 is 39.7 Å². The molecule has 0 saturated heterocycles. The minimum atomic E-state index is -3.30. The van der Waals surface area contributed by atoms with E-state index in [-0.39, 0.29) is 24.1 Å². The van der Waals surface area contributed by atoms with Gasteiger partial charge in [-0.2, -0.15) is 0 Å². The first kappa shape index (κ1) is 21.7. The van der Waals surface area contributed by atoms with E-state index < -0.39 is 15.4 Å². The standard InChI is InChI=1S/C15H25N3O3S.ClH/c1-4-15(5-2,11-16)14(19)17-12-7-9-13(10-8-12)18-22(20,21)6-3;/h7-10,18H,4-6,11,16H2,1-3H3,(H,17,19);1H. The average Bonchev–Trinajstić information content (AvgIpc) is 2.51. The van der Waals surface area contributed by atoms with Gasteiger partial charge in [0.25, 0.3) is 0 Å². The normalized spacial score (nSPS) is 11.5. The van der Waals surface area contributed by atoms with Crippen molar-refractivity contribution in [3.8, 4) is 0 Å². The molecule has 4 N–H and O–H groups in total. The van der Waals surface area contributed by atoms with Crippen LogP contribution >= 0.6 is 12.4 Å². The van der Waals surface area contributed by atoms with E-state index in [1.54, 1.807) is 31.2 Å². The molecule has 1 aromatic carbocycles. The van der Waals surface area contributed by atoms with Crippen molar-refractivity contribution in [3.05, 3.63) is 24.3 Å². The van der Waals surface area contributed by atoms with Crippen molar-refractivity contribution in [2.24, 2.45) is 11.1 Å². The summed E-state index contributed by atoms with van der Waals surface area (Å²) in [4.78, 5) is 12.4. The Morgan fingerprint density at radius 2 is 1.57 bits per heavy atom. The average molecular weight is 364 g/mol. The number of anilines is 2. The van der Waals surface area contributed by atoms with Crippen LogP contribution in [0.15, 0.2) is 24.3 Å². The van der Waals surface area contributed by atoms with Crippen molar-refractivity contribution in [2.45, 2.75) is 33.6 Å². The smallest absolute Gasteiger partial charge is 0.232 e. The van der Waals surface area contributed by atoms with E-state index in [9.17, 15) is 13.2 Å². The van der Waals surface area contributed by atoms with Gasteiger partial charge in [-0.1, -0.05) is 13.8 Å². The van der Waals surface area contributed by atoms with Crippen LogP contribution in [-0.4, -0.2) is 26.6 Å². The monoisotopic (exact) mass is 363 g/mol. The lowest BCUT2D eigenvalue weighted by Crippen LogP contribution is -2.41. The molecular weight excluding hydrogens is 338 g/mol. The van der Waals surface area contributed by atoms with Crippen molar-refractivity contribution in [1.82, 2.24) is 0 Å². The van der Waals surface area contributed by atoms with Crippen molar-refractivity contribution in [3.63, 3.8) is 0 Å². The molecule has 0 aliphatic carbocycles. The Labute approximate surface area is 144 Å². The van der Waals surface area contributed by atoms with E-state index in [0.717, 1.165) is 0 Å². The summed E-state index contributed by atoms with van der Waals surface area (Å²) in [5.74, 6) is -0.0979. The summed E-state index contributed by atoms with van der Waals surface area (Å²) in [7, 11) is -3.30. The van der Waals surface area contributed by atoms with Crippen molar-refractivity contribution in [2.75, 3.05) is 22.3 Å². The van der Waals surface area contributed by atoms with E-state index >= 15 is 0 Å². The number of benzene rings is 1. The second kappa shape index (κ2) is 9.10. The Bertz CT molecular complexity index is 591. The maximum Gasteiger partial charge on any atom is 0.232 e. The lowest BCUT2D eigenvalue weighted by Gasteiger charge is -2.28. The van der Waals surface area contributed by atoms with Gasteiger partial charge in [0.05, 0.1) is 11.2 Å². The van der Waals surface area contributed by atoms with Gasteiger partial charge in [0.15, 0.2) is 0 Å². The van der Waals surface area contributed by atoms with Crippen LogP contribution in [0.3, 0.4) is 0 Å². The first-order chi connectivity index (χ1) is 10.3. The van der Waals surface area contributed by atoms with Gasteiger partial charge >= 0.3 is 0 Å². The lowest BCUT2D eigenvalue weighted by molar-refractivity contribution is -0.125. The summed E-state index contributed by atoms with van der Waals surface area (Å²) >= 11 is 0. The Kier molecular flexibility index (Phi) is 8.58. The second-order valence-electron chi connectivity index (χ2n) is 5.23. The predicted molar refractivity (Wildman–Crippen MR) is 97.5 cm³/mol. The first-order valence-electron chi connectivity index (χ1n) is 7.44. The van der Waals surface area contributed by atoms with Crippen molar-refractivity contribution < 1.29 is 13.2 Å². The highest BCUT2D eigenvalue weighted by atomic mass is 35.5. The number of carbonyl (C=O) groups is 1. The molecule has 0 saturated carbocycles. The molecular formula is C15H26ClN3O3S. The van der Waals surface area contributed by atoms with Gasteiger partial charge in [-0.05, 0) is 44.0 Å². The molecule has 0 bridgehead atoms.